The van der Waals surface area contributed by atoms with Crippen LogP contribution >= 0.6 is 12.4 Å². The molecule has 132 valence electrons. The van der Waals surface area contributed by atoms with E-state index in [9.17, 15) is 4.79 Å². The van der Waals surface area contributed by atoms with Crippen molar-refractivity contribution in [1.29, 1.82) is 0 Å². The van der Waals surface area contributed by atoms with Gasteiger partial charge in [0.05, 0.1) is 6.04 Å². The van der Waals surface area contributed by atoms with Crippen LogP contribution in [0.4, 0.5) is 0 Å². The van der Waals surface area contributed by atoms with E-state index in [1.54, 1.807) is 0 Å². The number of carbonyl (C=O) groups excluding carboxylic acids is 1. The molecule has 23 heavy (non-hydrogen) atoms. The van der Waals surface area contributed by atoms with Gasteiger partial charge in [-0.15, -0.1) is 12.4 Å². The summed E-state index contributed by atoms with van der Waals surface area (Å²) >= 11 is 0. The number of hydrogen-bond donors (Lipinski definition) is 1. The molecule has 2 N–H and O–H groups in total. The second-order valence-electron chi connectivity index (χ2n) is 6.04. The molecule has 0 saturated heterocycles. The molecule has 1 aromatic rings. The first-order valence-electron chi connectivity index (χ1n) is 8.77. The van der Waals surface area contributed by atoms with Gasteiger partial charge in [0.15, 0.2) is 0 Å². The van der Waals surface area contributed by atoms with Gasteiger partial charge in [-0.25, -0.2) is 0 Å². The molecule has 0 unspecified atom stereocenters. The molecule has 4 heteroatoms. The number of benzene rings is 1. The standard InChI is InChI=1S/C19H32N2O.ClH/c1-3-5-10-14-21(15-11-6-4-2)19(22)18(20)16-17-12-8-7-9-13-17;/h7-9,12-13,18H,3-6,10-11,14-16,20H2,1-2H3;1H/t18-;/m1./s1. The van der Waals surface area contributed by atoms with Crippen LogP contribution in [-0.2, 0) is 11.2 Å². The summed E-state index contributed by atoms with van der Waals surface area (Å²) in [5.41, 5.74) is 7.30. The Hall–Kier alpha value is -1.06. The van der Waals surface area contributed by atoms with Crippen molar-refractivity contribution in [2.75, 3.05) is 13.1 Å². The summed E-state index contributed by atoms with van der Waals surface area (Å²) in [5.74, 6) is 0.107. The maximum atomic E-state index is 12.6. The fraction of sp³-hybridized carbons (Fsp3) is 0.632. The van der Waals surface area contributed by atoms with Crippen molar-refractivity contribution in [3.05, 3.63) is 35.9 Å². The van der Waals surface area contributed by atoms with Crippen LogP contribution in [0.1, 0.15) is 57.9 Å². The fourth-order valence-electron chi connectivity index (χ4n) is 2.63. The first kappa shape index (κ1) is 21.9. The van der Waals surface area contributed by atoms with E-state index in [0.29, 0.717) is 6.42 Å². The van der Waals surface area contributed by atoms with Gasteiger partial charge in [0.25, 0.3) is 0 Å². The normalized spacial score (nSPS) is 11.6. The average Bonchev–Trinajstić information content (AvgIpc) is 2.54. The van der Waals surface area contributed by atoms with E-state index < -0.39 is 6.04 Å². The van der Waals surface area contributed by atoms with Gasteiger partial charge in [-0.1, -0.05) is 69.9 Å². The molecular formula is C19H33ClN2O. The van der Waals surface area contributed by atoms with Gasteiger partial charge in [0, 0.05) is 13.1 Å². The lowest BCUT2D eigenvalue weighted by molar-refractivity contribution is -0.132. The minimum atomic E-state index is -0.425. The molecule has 1 amide bonds. The number of nitrogens with two attached hydrogens (primary N) is 1. The summed E-state index contributed by atoms with van der Waals surface area (Å²) in [6.45, 7) is 6.06. The molecule has 1 rings (SSSR count). The lowest BCUT2D eigenvalue weighted by Gasteiger charge is -2.26. The van der Waals surface area contributed by atoms with Crippen LogP contribution in [0.5, 0.6) is 0 Å². The minimum absolute atomic E-state index is 0. The Kier molecular flexibility index (Phi) is 12.8. The van der Waals surface area contributed by atoms with Gasteiger partial charge >= 0.3 is 0 Å². The highest BCUT2D eigenvalue weighted by Crippen LogP contribution is 2.08. The number of unbranched alkanes of at least 4 members (excludes halogenated alkanes) is 4. The molecule has 0 heterocycles. The van der Waals surface area contributed by atoms with Crippen LogP contribution in [0, 0.1) is 0 Å². The van der Waals surface area contributed by atoms with Crippen LogP contribution in [0.25, 0.3) is 0 Å². The Morgan fingerprint density at radius 1 is 1.00 bits per heavy atom. The van der Waals surface area contributed by atoms with Crippen LogP contribution in [0.2, 0.25) is 0 Å². The van der Waals surface area contributed by atoms with Gasteiger partial charge < -0.3 is 10.6 Å². The number of hydrogen-bond acceptors (Lipinski definition) is 2. The van der Waals surface area contributed by atoms with Crippen LogP contribution in [0.3, 0.4) is 0 Å². The van der Waals surface area contributed by atoms with Crippen molar-refractivity contribution in [1.82, 2.24) is 4.90 Å². The van der Waals surface area contributed by atoms with E-state index in [0.717, 1.165) is 31.5 Å². The molecule has 3 nitrogen and oxygen atoms in total. The minimum Gasteiger partial charge on any atom is -0.341 e. The van der Waals surface area contributed by atoms with Gasteiger partial charge in [0.1, 0.15) is 0 Å². The monoisotopic (exact) mass is 340 g/mol. The van der Waals surface area contributed by atoms with E-state index in [1.807, 2.05) is 35.2 Å². The summed E-state index contributed by atoms with van der Waals surface area (Å²) in [6, 6.07) is 9.61. The highest BCUT2D eigenvalue weighted by atomic mass is 35.5. The smallest absolute Gasteiger partial charge is 0.239 e. The zero-order valence-electron chi connectivity index (χ0n) is 14.7. The lowest BCUT2D eigenvalue weighted by Crippen LogP contribution is -2.45. The fourth-order valence-corrected chi connectivity index (χ4v) is 2.63. The summed E-state index contributed by atoms with van der Waals surface area (Å²) in [5, 5.41) is 0. The quantitative estimate of drug-likeness (QED) is 0.614. The SMILES string of the molecule is CCCCCN(CCCCC)C(=O)[C@H](N)Cc1ccccc1.Cl. The number of carbonyl (C=O) groups is 1. The van der Waals surface area contributed by atoms with E-state index in [4.69, 9.17) is 5.73 Å². The number of halogens is 1. The number of amides is 1. The first-order valence-corrected chi connectivity index (χ1v) is 8.77. The molecule has 0 aliphatic heterocycles. The Morgan fingerprint density at radius 3 is 2.00 bits per heavy atom. The summed E-state index contributed by atoms with van der Waals surface area (Å²) in [4.78, 5) is 14.6. The average molecular weight is 341 g/mol. The highest BCUT2D eigenvalue weighted by molar-refractivity contribution is 5.85. The Bertz CT molecular complexity index is 401. The molecule has 0 bridgehead atoms. The summed E-state index contributed by atoms with van der Waals surface area (Å²) in [6.07, 6.45) is 7.47. The molecule has 0 spiro atoms. The largest absolute Gasteiger partial charge is 0.341 e. The van der Waals surface area contributed by atoms with Crippen molar-refractivity contribution in [3.63, 3.8) is 0 Å². The van der Waals surface area contributed by atoms with Gasteiger partial charge in [-0.3, -0.25) is 4.79 Å². The predicted octanol–water partition coefficient (Wildman–Crippen LogP) is 4.19. The molecule has 1 aromatic carbocycles. The van der Waals surface area contributed by atoms with E-state index in [-0.39, 0.29) is 18.3 Å². The zero-order chi connectivity index (χ0) is 16.2. The summed E-state index contributed by atoms with van der Waals surface area (Å²) < 4.78 is 0. The third-order valence-corrected chi connectivity index (χ3v) is 3.99. The Morgan fingerprint density at radius 2 is 1.52 bits per heavy atom. The highest BCUT2D eigenvalue weighted by Gasteiger charge is 2.20. The lowest BCUT2D eigenvalue weighted by atomic mass is 10.1. The van der Waals surface area contributed by atoms with Crippen LogP contribution in [0.15, 0.2) is 30.3 Å². The molecule has 0 radical (unpaired) electrons. The molecule has 0 fully saturated rings. The first-order chi connectivity index (χ1) is 10.7. The van der Waals surface area contributed by atoms with E-state index >= 15 is 0 Å². The molecule has 0 aliphatic rings. The summed E-state index contributed by atoms with van der Waals surface area (Å²) in [7, 11) is 0. The molecule has 0 aromatic heterocycles. The van der Waals surface area contributed by atoms with Crippen LogP contribution in [-0.4, -0.2) is 29.9 Å². The topological polar surface area (TPSA) is 46.3 Å². The van der Waals surface area contributed by atoms with Gasteiger partial charge in [-0.2, -0.15) is 0 Å². The maximum Gasteiger partial charge on any atom is 0.239 e. The van der Waals surface area contributed by atoms with Crippen molar-refractivity contribution in [2.45, 2.75) is 64.8 Å². The van der Waals surface area contributed by atoms with Crippen molar-refractivity contribution in [3.8, 4) is 0 Å². The maximum absolute atomic E-state index is 12.6. The number of rotatable bonds is 11. The molecule has 0 saturated carbocycles. The number of nitrogens with zero attached hydrogens (tertiary/aromatic N) is 1. The second kappa shape index (κ2) is 13.4. The van der Waals surface area contributed by atoms with Crippen LogP contribution < -0.4 is 5.73 Å². The zero-order valence-corrected chi connectivity index (χ0v) is 15.5. The third kappa shape index (κ3) is 8.97. The van der Waals surface area contributed by atoms with Crippen molar-refractivity contribution >= 4 is 18.3 Å². The van der Waals surface area contributed by atoms with Crippen molar-refractivity contribution in [2.24, 2.45) is 5.73 Å². The predicted molar refractivity (Wildman–Crippen MR) is 101 cm³/mol. The van der Waals surface area contributed by atoms with Gasteiger partial charge in [-0.05, 0) is 24.8 Å². The van der Waals surface area contributed by atoms with E-state index in [2.05, 4.69) is 13.8 Å². The van der Waals surface area contributed by atoms with E-state index in [1.165, 1.54) is 25.7 Å². The van der Waals surface area contributed by atoms with Gasteiger partial charge in [0.2, 0.25) is 5.91 Å². The Labute approximate surface area is 148 Å². The van der Waals surface area contributed by atoms with Crippen molar-refractivity contribution < 1.29 is 4.79 Å². The molecular weight excluding hydrogens is 308 g/mol. The second-order valence-corrected chi connectivity index (χ2v) is 6.04. The third-order valence-electron chi connectivity index (χ3n) is 3.99. The Balaban J connectivity index is 0.00000484. The molecule has 1 atom stereocenters. The molecule has 0 aliphatic carbocycles.